The van der Waals surface area contributed by atoms with Crippen molar-refractivity contribution in [1.82, 2.24) is 15.2 Å². The maximum Gasteiger partial charge on any atom is 0.223 e. The SMILES string of the molecule is COc1cccc(OC)c1CN1CCC[C@H]([C@@H](NC(=O)C2CCCC2)c2nccs2)C1. The van der Waals surface area contributed by atoms with Gasteiger partial charge in [0.05, 0.1) is 25.8 Å². The molecule has 1 aliphatic heterocycles. The van der Waals surface area contributed by atoms with Gasteiger partial charge in [0.1, 0.15) is 16.5 Å². The van der Waals surface area contributed by atoms with Crippen molar-refractivity contribution in [2.75, 3.05) is 27.3 Å². The summed E-state index contributed by atoms with van der Waals surface area (Å²) in [6, 6.07) is 5.91. The zero-order valence-corrected chi connectivity index (χ0v) is 19.3. The van der Waals surface area contributed by atoms with E-state index < -0.39 is 0 Å². The number of hydrogen-bond donors (Lipinski definition) is 1. The van der Waals surface area contributed by atoms with Crippen LogP contribution in [0, 0.1) is 11.8 Å². The lowest BCUT2D eigenvalue weighted by Crippen LogP contribution is -2.44. The number of hydrogen-bond acceptors (Lipinski definition) is 6. The van der Waals surface area contributed by atoms with Gasteiger partial charge in [-0.2, -0.15) is 0 Å². The van der Waals surface area contributed by atoms with Gasteiger partial charge in [0.25, 0.3) is 0 Å². The molecule has 0 unspecified atom stereocenters. The van der Waals surface area contributed by atoms with Gasteiger partial charge in [-0.15, -0.1) is 11.3 Å². The summed E-state index contributed by atoms with van der Waals surface area (Å²) in [6.45, 7) is 2.71. The molecule has 1 saturated heterocycles. The van der Waals surface area contributed by atoms with Gasteiger partial charge in [0.2, 0.25) is 5.91 Å². The van der Waals surface area contributed by atoms with Crippen molar-refractivity contribution in [3.8, 4) is 11.5 Å². The molecule has 6 nitrogen and oxygen atoms in total. The summed E-state index contributed by atoms with van der Waals surface area (Å²) in [4.78, 5) is 20.0. The van der Waals surface area contributed by atoms with Crippen LogP contribution in [-0.2, 0) is 11.3 Å². The highest BCUT2D eigenvalue weighted by atomic mass is 32.1. The maximum absolute atomic E-state index is 13.0. The largest absolute Gasteiger partial charge is 0.496 e. The Labute approximate surface area is 189 Å². The average Bonchev–Trinajstić information content (AvgIpc) is 3.52. The van der Waals surface area contributed by atoms with Crippen LogP contribution < -0.4 is 14.8 Å². The summed E-state index contributed by atoms with van der Waals surface area (Å²) >= 11 is 1.64. The number of aromatic nitrogens is 1. The van der Waals surface area contributed by atoms with E-state index in [9.17, 15) is 4.79 Å². The minimum atomic E-state index is -0.0181. The molecule has 31 heavy (non-hydrogen) atoms. The first-order valence-corrected chi connectivity index (χ1v) is 12.2. The number of carbonyl (C=O) groups is 1. The quantitative estimate of drug-likeness (QED) is 0.654. The van der Waals surface area contributed by atoms with Crippen LogP contribution in [0.3, 0.4) is 0 Å². The van der Waals surface area contributed by atoms with Gasteiger partial charge >= 0.3 is 0 Å². The fourth-order valence-electron chi connectivity index (χ4n) is 5.04. The molecule has 1 aromatic carbocycles. The first-order valence-electron chi connectivity index (χ1n) is 11.3. The van der Waals surface area contributed by atoms with E-state index in [-0.39, 0.29) is 17.9 Å². The summed E-state index contributed by atoms with van der Waals surface area (Å²) in [6.07, 6.45) is 8.39. The number of nitrogens with one attached hydrogen (secondary N) is 1. The minimum absolute atomic E-state index is 0.0181. The van der Waals surface area contributed by atoms with Crippen LogP contribution in [0.4, 0.5) is 0 Å². The van der Waals surface area contributed by atoms with Crippen molar-refractivity contribution in [3.63, 3.8) is 0 Å². The van der Waals surface area contributed by atoms with E-state index in [1.807, 2.05) is 29.8 Å². The van der Waals surface area contributed by atoms with E-state index in [0.29, 0.717) is 5.92 Å². The number of amides is 1. The normalized spacial score (nSPS) is 21.0. The van der Waals surface area contributed by atoms with Crippen LogP contribution in [0.2, 0.25) is 0 Å². The third kappa shape index (κ3) is 5.21. The van der Waals surface area contributed by atoms with E-state index in [2.05, 4.69) is 15.2 Å². The maximum atomic E-state index is 13.0. The van der Waals surface area contributed by atoms with Crippen LogP contribution in [0.1, 0.15) is 55.1 Å². The first kappa shape index (κ1) is 22.1. The summed E-state index contributed by atoms with van der Waals surface area (Å²) in [7, 11) is 3.41. The van der Waals surface area contributed by atoms with Gasteiger partial charge in [0, 0.05) is 30.6 Å². The van der Waals surface area contributed by atoms with Gasteiger partial charge in [-0.05, 0) is 50.3 Å². The zero-order chi connectivity index (χ0) is 21.6. The van der Waals surface area contributed by atoms with Crippen LogP contribution in [-0.4, -0.2) is 43.1 Å². The van der Waals surface area contributed by atoms with E-state index in [1.54, 1.807) is 25.6 Å². The summed E-state index contributed by atoms with van der Waals surface area (Å²) < 4.78 is 11.2. The van der Waals surface area contributed by atoms with Crippen LogP contribution in [0.5, 0.6) is 11.5 Å². The van der Waals surface area contributed by atoms with Crippen molar-refractivity contribution < 1.29 is 14.3 Å². The van der Waals surface area contributed by atoms with Crippen molar-refractivity contribution in [2.24, 2.45) is 11.8 Å². The van der Waals surface area contributed by atoms with Gasteiger partial charge < -0.3 is 14.8 Å². The molecule has 7 heteroatoms. The van der Waals surface area contributed by atoms with E-state index in [0.717, 1.165) is 80.2 Å². The molecule has 1 N–H and O–H groups in total. The lowest BCUT2D eigenvalue weighted by Gasteiger charge is -2.37. The second kappa shape index (κ2) is 10.5. The predicted molar refractivity (Wildman–Crippen MR) is 123 cm³/mol. The Morgan fingerprint density at radius 2 is 1.94 bits per heavy atom. The topological polar surface area (TPSA) is 63.7 Å². The average molecular weight is 444 g/mol. The van der Waals surface area contributed by atoms with Crippen molar-refractivity contribution in [2.45, 2.75) is 51.1 Å². The second-order valence-electron chi connectivity index (χ2n) is 8.62. The highest BCUT2D eigenvalue weighted by Gasteiger charge is 2.33. The number of rotatable bonds is 8. The van der Waals surface area contributed by atoms with Crippen molar-refractivity contribution >= 4 is 17.2 Å². The standard InChI is InChI=1S/C24H33N3O3S/c1-29-20-10-5-11-21(30-2)19(20)16-27-13-6-9-18(15-27)22(24-25-12-14-31-24)26-23(28)17-7-3-4-8-17/h5,10-12,14,17-18,22H,3-4,6-9,13,15-16H2,1-2H3,(H,26,28)/t18-,22+/m0/s1. The van der Waals surface area contributed by atoms with E-state index in [1.165, 1.54) is 0 Å². The molecule has 1 saturated carbocycles. The molecule has 2 aromatic rings. The van der Waals surface area contributed by atoms with Gasteiger partial charge in [0.15, 0.2) is 0 Å². The number of ether oxygens (including phenoxy) is 2. The molecule has 4 rings (SSSR count). The number of likely N-dealkylation sites (tertiary alicyclic amines) is 1. The van der Waals surface area contributed by atoms with Gasteiger partial charge in [-0.25, -0.2) is 4.98 Å². The Bertz CT molecular complexity index is 830. The number of methoxy groups -OCH3 is 2. The Hall–Kier alpha value is -2.12. The molecule has 2 fully saturated rings. The minimum Gasteiger partial charge on any atom is -0.496 e. The number of thiazole rings is 1. The molecule has 1 amide bonds. The number of piperidine rings is 1. The monoisotopic (exact) mass is 443 g/mol. The Kier molecular flexibility index (Phi) is 7.45. The summed E-state index contributed by atoms with van der Waals surface area (Å²) in [5.41, 5.74) is 1.08. The molecule has 1 aliphatic carbocycles. The summed E-state index contributed by atoms with van der Waals surface area (Å²) in [5, 5.41) is 6.42. The molecule has 0 spiro atoms. The highest BCUT2D eigenvalue weighted by Crippen LogP contribution is 2.35. The molecule has 2 atom stereocenters. The van der Waals surface area contributed by atoms with Gasteiger partial charge in [-0.1, -0.05) is 18.9 Å². The predicted octanol–water partition coefficient (Wildman–Crippen LogP) is 4.42. The molecule has 1 aromatic heterocycles. The van der Waals surface area contributed by atoms with Crippen LogP contribution in [0.25, 0.3) is 0 Å². The van der Waals surface area contributed by atoms with Gasteiger partial charge in [-0.3, -0.25) is 9.69 Å². The fraction of sp³-hybridized carbons (Fsp3) is 0.583. The van der Waals surface area contributed by atoms with E-state index in [4.69, 9.17) is 9.47 Å². The molecular formula is C24H33N3O3S. The van der Waals surface area contributed by atoms with Crippen molar-refractivity contribution in [3.05, 3.63) is 40.3 Å². The molecule has 0 radical (unpaired) electrons. The first-order chi connectivity index (χ1) is 15.2. The van der Waals surface area contributed by atoms with Crippen LogP contribution >= 0.6 is 11.3 Å². The highest BCUT2D eigenvalue weighted by molar-refractivity contribution is 7.09. The zero-order valence-electron chi connectivity index (χ0n) is 18.5. The second-order valence-corrected chi connectivity index (χ2v) is 9.54. The van der Waals surface area contributed by atoms with Crippen LogP contribution in [0.15, 0.2) is 29.8 Å². The Morgan fingerprint density at radius 3 is 2.58 bits per heavy atom. The molecule has 168 valence electrons. The summed E-state index contributed by atoms with van der Waals surface area (Å²) in [5.74, 6) is 2.42. The van der Waals surface area contributed by atoms with E-state index >= 15 is 0 Å². The lowest BCUT2D eigenvalue weighted by molar-refractivity contribution is -0.126. The number of benzene rings is 1. The third-order valence-electron chi connectivity index (χ3n) is 6.67. The molecule has 0 bridgehead atoms. The molecule has 2 aliphatic rings. The Balaban J connectivity index is 1.49. The Morgan fingerprint density at radius 1 is 1.19 bits per heavy atom. The molecule has 2 heterocycles. The van der Waals surface area contributed by atoms with Crippen molar-refractivity contribution in [1.29, 1.82) is 0 Å². The number of nitrogens with zero attached hydrogens (tertiary/aromatic N) is 2. The fourth-order valence-corrected chi connectivity index (χ4v) is 5.82. The third-order valence-corrected chi connectivity index (χ3v) is 7.52. The lowest BCUT2D eigenvalue weighted by atomic mass is 9.90. The number of carbonyl (C=O) groups excluding carboxylic acids is 1. The smallest absolute Gasteiger partial charge is 0.223 e. The molecular weight excluding hydrogens is 410 g/mol.